The summed E-state index contributed by atoms with van der Waals surface area (Å²) in [4.78, 5) is 26.4. The number of likely N-dealkylation sites (tertiary alicyclic amines) is 1. The number of β-amino-alcohol motifs (C(OH)–C–C–N with tert-alkyl or cyclic N) is 1. The summed E-state index contributed by atoms with van der Waals surface area (Å²) in [5.41, 5.74) is 7.47. The fraction of sp³-hybridized carbons (Fsp3) is 0.480. The minimum atomic E-state index is -0.881. The molecule has 2 fully saturated rings. The summed E-state index contributed by atoms with van der Waals surface area (Å²) in [5.74, 6) is 0.904. The van der Waals surface area contributed by atoms with Gasteiger partial charge in [0, 0.05) is 23.5 Å². The number of nitrogens with zero attached hydrogens (tertiary/aromatic N) is 3. The Morgan fingerprint density at radius 3 is 2.67 bits per heavy atom. The summed E-state index contributed by atoms with van der Waals surface area (Å²) in [5, 5.41) is 9.99. The number of H-pyrrole nitrogens is 1. The van der Waals surface area contributed by atoms with E-state index in [0.29, 0.717) is 28.4 Å². The van der Waals surface area contributed by atoms with E-state index < -0.39 is 11.4 Å². The van der Waals surface area contributed by atoms with Gasteiger partial charge in [-0.05, 0) is 49.8 Å². The molecule has 1 amide bonds. The van der Waals surface area contributed by atoms with Crippen LogP contribution in [0.15, 0.2) is 30.6 Å². The molecule has 2 aromatic heterocycles. The molecule has 0 bridgehead atoms. The zero-order valence-electron chi connectivity index (χ0n) is 19.0. The van der Waals surface area contributed by atoms with Gasteiger partial charge in [-0.2, -0.15) is 0 Å². The van der Waals surface area contributed by atoms with Crippen LogP contribution >= 0.6 is 0 Å². The molecule has 1 saturated carbocycles. The van der Waals surface area contributed by atoms with Gasteiger partial charge in [0.15, 0.2) is 5.82 Å². The van der Waals surface area contributed by atoms with Crippen molar-refractivity contribution < 1.29 is 14.3 Å². The third kappa shape index (κ3) is 4.02. The molecule has 0 spiro atoms. The fourth-order valence-electron chi connectivity index (χ4n) is 5.18. The van der Waals surface area contributed by atoms with Crippen molar-refractivity contribution in [3.8, 4) is 11.1 Å². The second kappa shape index (κ2) is 8.18. The van der Waals surface area contributed by atoms with Crippen molar-refractivity contribution in [1.29, 1.82) is 0 Å². The Bertz CT molecular complexity index is 1190. The van der Waals surface area contributed by atoms with Gasteiger partial charge in [-0.25, -0.2) is 9.37 Å². The molecule has 5 rings (SSSR count). The number of hydrogen-bond acceptors (Lipinski definition) is 5. The van der Waals surface area contributed by atoms with E-state index in [1.807, 2.05) is 0 Å². The molecule has 2 aliphatic rings. The van der Waals surface area contributed by atoms with E-state index in [4.69, 9.17) is 5.73 Å². The number of benzene rings is 1. The number of rotatable bonds is 4. The third-order valence-corrected chi connectivity index (χ3v) is 7.19. The van der Waals surface area contributed by atoms with Crippen LogP contribution in [0.5, 0.6) is 0 Å². The smallest absolute Gasteiger partial charge is 0.254 e. The van der Waals surface area contributed by atoms with Gasteiger partial charge in [-0.3, -0.25) is 9.78 Å². The highest BCUT2D eigenvalue weighted by molar-refractivity contribution is 6.02. The van der Waals surface area contributed by atoms with E-state index in [2.05, 4.69) is 21.9 Å². The Morgan fingerprint density at radius 1 is 1.24 bits per heavy atom. The van der Waals surface area contributed by atoms with Crippen LogP contribution in [0.2, 0.25) is 0 Å². The van der Waals surface area contributed by atoms with Gasteiger partial charge >= 0.3 is 0 Å². The number of aliphatic hydroxyl groups is 1. The van der Waals surface area contributed by atoms with Crippen molar-refractivity contribution >= 4 is 16.9 Å². The van der Waals surface area contributed by atoms with E-state index >= 15 is 4.39 Å². The maximum atomic E-state index is 15.7. The van der Waals surface area contributed by atoms with Gasteiger partial charge in [0.2, 0.25) is 0 Å². The number of imidazole rings is 1. The van der Waals surface area contributed by atoms with Gasteiger partial charge in [0.25, 0.3) is 5.91 Å². The zero-order valence-corrected chi connectivity index (χ0v) is 19.0. The lowest BCUT2D eigenvalue weighted by Crippen LogP contribution is -2.61. The predicted molar refractivity (Wildman–Crippen MR) is 124 cm³/mol. The minimum absolute atomic E-state index is 0.219. The summed E-state index contributed by atoms with van der Waals surface area (Å²) in [6.45, 7) is 4.44. The normalized spacial score (nSPS) is 23.4. The number of carbonyl (C=O) groups is 1. The molecule has 3 aromatic rings. The summed E-state index contributed by atoms with van der Waals surface area (Å²) in [6.07, 6.45) is 7.43. The molecule has 1 aliphatic carbocycles. The Kier molecular flexibility index (Phi) is 5.45. The van der Waals surface area contributed by atoms with Crippen LogP contribution in [-0.4, -0.2) is 49.6 Å². The number of halogens is 1. The molecular weight excluding hydrogens is 421 g/mol. The quantitative estimate of drug-likeness (QED) is 0.559. The summed E-state index contributed by atoms with van der Waals surface area (Å²) >= 11 is 0. The highest BCUT2D eigenvalue weighted by atomic mass is 19.1. The van der Waals surface area contributed by atoms with Crippen molar-refractivity contribution in [2.45, 2.75) is 51.2 Å². The van der Waals surface area contributed by atoms with Gasteiger partial charge in [0.05, 0.1) is 35.8 Å². The van der Waals surface area contributed by atoms with Crippen LogP contribution < -0.4 is 5.73 Å². The van der Waals surface area contributed by atoms with Crippen molar-refractivity contribution in [1.82, 2.24) is 19.9 Å². The molecule has 1 saturated heterocycles. The fourth-order valence-corrected chi connectivity index (χ4v) is 5.18. The minimum Gasteiger partial charge on any atom is -0.386 e. The highest BCUT2D eigenvalue weighted by Crippen LogP contribution is 2.37. The zero-order chi connectivity index (χ0) is 23.3. The molecule has 1 aliphatic heterocycles. The van der Waals surface area contributed by atoms with Crippen LogP contribution in [0.1, 0.15) is 61.8 Å². The average molecular weight is 452 g/mol. The van der Waals surface area contributed by atoms with Crippen molar-refractivity contribution in [2.24, 2.45) is 17.6 Å². The number of pyridine rings is 1. The number of hydrogen-bond donors (Lipinski definition) is 3. The average Bonchev–Trinajstić information content (AvgIpc) is 3.23. The first-order valence-corrected chi connectivity index (χ1v) is 11.6. The summed E-state index contributed by atoms with van der Waals surface area (Å²) in [6, 6.07) is 4.75. The maximum absolute atomic E-state index is 15.7. The van der Waals surface area contributed by atoms with Gasteiger partial charge in [0.1, 0.15) is 11.3 Å². The number of aromatic nitrogens is 3. The molecular formula is C25H30FN5O2. The van der Waals surface area contributed by atoms with Crippen LogP contribution in [0.4, 0.5) is 4.39 Å². The third-order valence-electron chi connectivity index (χ3n) is 7.19. The van der Waals surface area contributed by atoms with Crippen molar-refractivity contribution in [2.75, 3.05) is 13.1 Å². The highest BCUT2D eigenvalue weighted by Gasteiger charge is 2.40. The summed E-state index contributed by atoms with van der Waals surface area (Å²) < 4.78 is 15.7. The lowest BCUT2D eigenvalue weighted by atomic mass is 9.79. The van der Waals surface area contributed by atoms with Crippen molar-refractivity contribution in [3.63, 3.8) is 0 Å². The molecule has 33 heavy (non-hydrogen) atoms. The number of nitrogens with two attached hydrogens (primary N) is 1. The van der Waals surface area contributed by atoms with Crippen molar-refractivity contribution in [3.05, 3.63) is 47.8 Å². The predicted octanol–water partition coefficient (Wildman–Crippen LogP) is 3.80. The second-order valence-electron chi connectivity index (χ2n) is 10.1. The number of aromatic amines is 1. The molecule has 4 N–H and O–H groups in total. The number of amides is 1. The van der Waals surface area contributed by atoms with Gasteiger partial charge in [-0.15, -0.1) is 0 Å². The SMILES string of the molecule is CC1CCC(C(N)c2nc3c(F)c(-c4cnccc4C(=O)N4CC(C)(O)C4)ccc3[nH]2)CC1. The largest absolute Gasteiger partial charge is 0.386 e. The van der Waals surface area contributed by atoms with E-state index in [1.54, 1.807) is 30.0 Å². The Balaban J connectivity index is 1.47. The van der Waals surface area contributed by atoms with Gasteiger partial charge in [-0.1, -0.05) is 19.8 Å². The molecule has 7 nitrogen and oxygen atoms in total. The van der Waals surface area contributed by atoms with E-state index in [9.17, 15) is 9.90 Å². The van der Waals surface area contributed by atoms with Gasteiger partial charge < -0.3 is 20.7 Å². The molecule has 174 valence electrons. The second-order valence-corrected chi connectivity index (χ2v) is 10.1. The monoisotopic (exact) mass is 451 g/mol. The van der Waals surface area contributed by atoms with E-state index in [0.717, 1.165) is 31.6 Å². The first kappa shape index (κ1) is 22.0. The number of nitrogens with one attached hydrogen (secondary N) is 1. The molecule has 1 aromatic carbocycles. The molecule has 1 atom stereocenters. The van der Waals surface area contributed by atoms with E-state index in [1.165, 1.54) is 12.4 Å². The molecule has 0 radical (unpaired) electrons. The Morgan fingerprint density at radius 2 is 1.97 bits per heavy atom. The molecule has 1 unspecified atom stereocenters. The summed E-state index contributed by atoms with van der Waals surface area (Å²) in [7, 11) is 0. The van der Waals surface area contributed by atoms with E-state index in [-0.39, 0.29) is 36.1 Å². The van der Waals surface area contributed by atoms with Crippen LogP contribution in [0, 0.1) is 17.7 Å². The Labute approximate surface area is 192 Å². The number of fused-ring (bicyclic) bond motifs is 1. The molecule has 3 heterocycles. The van der Waals surface area contributed by atoms with Crippen LogP contribution in [0.3, 0.4) is 0 Å². The lowest BCUT2D eigenvalue weighted by Gasteiger charge is -2.44. The lowest BCUT2D eigenvalue weighted by molar-refractivity contribution is -0.0668. The van der Waals surface area contributed by atoms with Crippen LogP contribution in [-0.2, 0) is 0 Å². The van der Waals surface area contributed by atoms with Crippen LogP contribution in [0.25, 0.3) is 22.2 Å². The first-order valence-electron chi connectivity index (χ1n) is 11.6. The number of carbonyl (C=O) groups excluding carboxylic acids is 1. The topological polar surface area (TPSA) is 108 Å². The molecule has 8 heteroatoms. The first-order chi connectivity index (χ1) is 15.7. The maximum Gasteiger partial charge on any atom is 0.254 e. The standard InChI is InChI=1S/C25H30FN5O2/c1-14-3-5-15(6-4-14)21(27)23-29-19-8-7-16(20(26)22(19)30-23)18-11-28-10-9-17(18)24(32)31-12-25(2,33)13-31/h7-11,14-15,21,33H,3-6,12-13,27H2,1-2H3,(H,29,30). The Hall–Kier alpha value is -2.84.